The van der Waals surface area contributed by atoms with E-state index in [9.17, 15) is 13.2 Å². The topological polar surface area (TPSA) is 87.7 Å². The Bertz CT molecular complexity index is 959. The summed E-state index contributed by atoms with van der Waals surface area (Å²) in [6.07, 6.45) is 0. The second-order valence-electron chi connectivity index (χ2n) is 8.39. The second-order valence-corrected chi connectivity index (χ2v) is 10.1. The SMILES string of the molecule is CC(C)(C)c1ccc(S(=O)(=O)Nc2ccc(NC(=O)CN3CCOCC3)cc2)cc1. The number of carbonyl (C=O) groups excluding carboxylic acids is 1. The summed E-state index contributed by atoms with van der Waals surface area (Å²) in [7, 11) is -3.69. The van der Waals surface area contributed by atoms with E-state index < -0.39 is 10.0 Å². The lowest BCUT2D eigenvalue weighted by Crippen LogP contribution is -2.41. The first kappa shape index (κ1) is 22.3. The summed E-state index contributed by atoms with van der Waals surface area (Å²) in [4.78, 5) is 14.4. The molecule has 3 rings (SSSR count). The number of carbonyl (C=O) groups is 1. The molecular weight excluding hydrogens is 402 g/mol. The fourth-order valence-corrected chi connectivity index (χ4v) is 4.19. The number of nitrogens with zero attached hydrogens (tertiary/aromatic N) is 1. The Kier molecular flexibility index (Phi) is 6.80. The van der Waals surface area contributed by atoms with Gasteiger partial charge in [0.1, 0.15) is 0 Å². The van der Waals surface area contributed by atoms with E-state index in [1.807, 2.05) is 17.0 Å². The first-order valence-corrected chi connectivity index (χ1v) is 11.5. The number of morpholine rings is 1. The number of hydrogen-bond acceptors (Lipinski definition) is 5. The minimum absolute atomic E-state index is 0.0439. The van der Waals surface area contributed by atoms with Gasteiger partial charge in [-0.05, 0) is 47.4 Å². The molecular formula is C22H29N3O4S. The Labute approximate surface area is 178 Å². The van der Waals surface area contributed by atoms with Crippen molar-refractivity contribution in [1.82, 2.24) is 4.90 Å². The van der Waals surface area contributed by atoms with Gasteiger partial charge in [0.05, 0.1) is 24.7 Å². The maximum Gasteiger partial charge on any atom is 0.261 e. The van der Waals surface area contributed by atoms with Crippen LogP contribution in [0.2, 0.25) is 0 Å². The summed E-state index contributed by atoms with van der Waals surface area (Å²) < 4.78 is 33.2. The monoisotopic (exact) mass is 431 g/mol. The van der Waals surface area contributed by atoms with Crippen LogP contribution in [-0.2, 0) is 25.0 Å². The number of sulfonamides is 1. The van der Waals surface area contributed by atoms with Crippen molar-refractivity contribution in [2.75, 3.05) is 42.9 Å². The Hall–Kier alpha value is -2.42. The number of ether oxygens (including phenoxy) is 1. The number of amides is 1. The molecule has 0 unspecified atom stereocenters. The Morgan fingerprint density at radius 2 is 1.53 bits per heavy atom. The molecule has 2 aromatic carbocycles. The normalized spacial score (nSPS) is 15.6. The van der Waals surface area contributed by atoms with Crippen LogP contribution >= 0.6 is 0 Å². The smallest absolute Gasteiger partial charge is 0.261 e. The fraction of sp³-hybridized carbons (Fsp3) is 0.409. The van der Waals surface area contributed by atoms with Crippen molar-refractivity contribution in [3.05, 3.63) is 54.1 Å². The van der Waals surface area contributed by atoms with E-state index >= 15 is 0 Å². The molecule has 1 saturated heterocycles. The van der Waals surface area contributed by atoms with Gasteiger partial charge in [-0.3, -0.25) is 14.4 Å². The fourth-order valence-electron chi connectivity index (χ4n) is 3.13. The molecule has 1 heterocycles. The average molecular weight is 432 g/mol. The lowest BCUT2D eigenvalue weighted by molar-refractivity contribution is -0.118. The van der Waals surface area contributed by atoms with Gasteiger partial charge in [-0.15, -0.1) is 0 Å². The highest BCUT2D eigenvalue weighted by Crippen LogP contribution is 2.24. The number of rotatable bonds is 6. The van der Waals surface area contributed by atoms with Crippen molar-refractivity contribution < 1.29 is 17.9 Å². The van der Waals surface area contributed by atoms with Crippen molar-refractivity contribution >= 4 is 27.3 Å². The quantitative estimate of drug-likeness (QED) is 0.734. The first-order chi connectivity index (χ1) is 14.1. The largest absolute Gasteiger partial charge is 0.379 e. The van der Waals surface area contributed by atoms with Gasteiger partial charge in [0.15, 0.2) is 0 Å². The van der Waals surface area contributed by atoms with Gasteiger partial charge in [0.2, 0.25) is 5.91 Å². The first-order valence-electron chi connectivity index (χ1n) is 9.97. The van der Waals surface area contributed by atoms with Crippen molar-refractivity contribution in [2.24, 2.45) is 0 Å². The van der Waals surface area contributed by atoms with Gasteiger partial charge >= 0.3 is 0 Å². The maximum absolute atomic E-state index is 12.7. The predicted octanol–water partition coefficient (Wildman–Crippen LogP) is 3.06. The van der Waals surface area contributed by atoms with E-state index in [4.69, 9.17) is 4.74 Å². The van der Waals surface area contributed by atoms with Crippen molar-refractivity contribution in [2.45, 2.75) is 31.1 Å². The minimum Gasteiger partial charge on any atom is -0.379 e. The summed E-state index contributed by atoms with van der Waals surface area (Å²) in [5.74, 6) is -0.107. The molecule has 1 amide bonds. The van der Waals surface area contributed by atoms with Gasteiger partial charge in [-0.1, -0.05) is 32.9 Å². The highest BCUT2D eigenvalue weighted by molar-refractivity contribution is 7.92. The van der Waals surface area contributed by atoms with Crippen LogP contribution in [0.5, 0.6) is 0 Å². The van der Waals surface area contributed by atoms with Gasteiger partial charge in [0, 0.05) is 24.5 Å². The van der Waals surface area contributed by atoms with Crippen LogP contribution in [-0.4, -0.2) is 52.1 Å². The Balaban J connectivity index is 1.59. The lowest BCUT2D eigenvalue weighted by atomic mass is 9.87. The average Bonchev–Trinajstić information content (AvgIpc) is 2.69. The highest BCUT2D eigenvalue weighted by atomic mass is 32.2. The van der Waals surface area contributed by atoms with E-state index in [1.54, 1.807) is 36.4 Å². The van der Waals surface area contributed by atoms with Crippen molar-refractivity contribution in [3.63, 3.8) is 0 Å². The van der Waals surface area contributed by atoms with Crippen LogP contribution in [0.4, 0.5) is 11.4 Å². The number of hydrogen-bond donors (Lipinski definition) is 2. The van der Waals surface area contributed by atoms with Crippen LogP contribution in [0.3, 0.4) is 0 Å². The van der Waals surface area contributed by atoms with Crippen LogP contribution in [0.25, 0.3) is 0 Å². The van der Waals surface area contributed by atoms with Crippen LogP contribution in [0.15, 0.2) is 53.4 Å². The third-order valence-electron chi connectivity index (χ3n) is 4.92. The summed E-state index contributed by atoms with van der Waals surface area (Å²) in [6.45, 7) is 9.31. The molecule has 2 aromatic rings. The molecule has 7 nitrogen and oxygen atoms in total. The second kappa shape index (κ2) is 9.16. The van der Waals surface area contributed by atoms with Gasteiger partial charge in [-0.25, -0.2) is 8.42 Å². The maximum atomic E-state index is 12.7. The number of benzene rings is 2. The molecule has 1 aliphatic heterocycles. The zero-order valence-electron chi connectivity index (χ0n) is 17.6. The standard InChI is InChI=1S/C22H29N3O4S/c1-22(2,3)17-4-10-20(11-5-17)30(27,28)24-19-8-6-18(7-9-19)23-21(26)16-25-12-14-29-15-13-25/h4-11,24H,12-16H2,1-3H3,(H,23,26). The van der Waals surface area contributed by atoms with Crippen molar-refractivity contribution in [1.29, 1.82) is 0 Å². The Morgan fingerprint density at radius 1 is 0.967 bits per heavy atom. The van der Waals surface area contributed by atoms with Gasteiger partial charge < -0.3 is 10.1 Å². The van der Waals surface area contributed by atoms with Gasteiger partial charge in [0.25, 0.3) is 10.0 Å². The highest BCUT2D eigenvalue weighted by Gasteiger charge is 2.18. The lowest BCUT2D eigenvalue weighted by Gasteiger charge is -2.25. The van der Waals surface area contributed by atoms with Crippen LogP contribution in [0.1, 0.15) is 26.3 Å². The van der Waals surface area contributed by atoms with Crippen LogP contribution in [0, 0.1) is 0 Å². The van der Waals surface area contributed by atoms with E-state index in [2.05, 4.69) is 30.8 Å². The van der Waals surface area contributed by atoms with Crippen molar-refractivity contribution in [3.8, 4) is 0 Å². The molecule has 0 aromatic heterocycles. The molecule has 0 radical (unpaired) electrons. The summed E-state index contributed by atoms with van der Waals surface area (Å²) >= 11 is 0. The molecule has 0 spiro atoms. The van der Waals surface area contributed by atoms with E-state index in [1.165, 1.54) is 0 Å². The zero-order chi connectivity index (χ0) is 21.8. The van der Waals surface area contributed by atoms with E-state index in [0.29, 0.717) is 31.1 Å². The van der Waals surface area contributed by atoms with E-state index in [0.717, 1.165) is 18.7 Å². The molecule has 8 heteroatoms. The molecule has 0 aliphatic carbocycles. The molecule has 0 atom stereocenters. The predicted molar refractivity (Wildman–Crippen MR) is 118 cm³/mol. The zero-order valence-corrected chi connectivity index (χ0v) is 18.5. The number of anilines is 2. The molecule has 2 N–H and O–H groups in total. The third kappa shape index (κ3) is 6.04. The Morgan fingerprint density at radius 3 is 2.10 bits per heavy atom. The summed E-state index contributed by atoms with van der Waals surface area (Å²) in [6, 6.07) is 13.5. The molecule has 0 saturated carbocycles. The minimum atomic E-state index is -3.69. The molecule has 0 bridgehead atoms. The molecule has 1 aliphatic rings. The van der Waals surface area contributed by atoms with Crippen LogP contribution < -0.4 is 10.0 Å². The van der Waals surface area contributed by atoms with Gasteiger partial charge in [-0.2, -0.15) is 0 Å². The molecule has 162 valence electrons. The molecule has 30 heavy (non-hydrogen) atoms. The third-order valence-corrected chi connectivity index (χ3v) is 6.32. The number of nitrogens with one attached hydrogen (secondary N) is 2. The summed E-state index contributed by atoms with van der Waals surface area (Å²) in [5.41, 5.74) is 2.07. The summed E-state index contributed by atoms with van der Waals surface area (Å²) in [5, 5.41) is 2.83. The van der Waals surface area contributed by atoms with E-state index in [-0.39, 0.29) is 16.2 Å². The molecule has 1 fully saturated rings.